The fraction of sp³-hybridized carbons (Fsp3) is 0.333. The molecule has 1 unspecified atom stereocenters. The van der Waals surface area contributed by atoms with Crippen LogP contribution < -0.4 is 15.4 Å². The molecule has 0 saturated heterocycles. The number of para-hydroxylation sites is 1. The second-order valence-corrected chi connectivity index (χ2v) is 7.82. The SMILES string of the molecule is CCOc1ccccc1C(=O)NC(C(=O)Nc1ccc(I)cc1C)C(C)C. The zero-order chi connectivity index (χ0) is 20.0. The molecular weight excluding hydrogens is 455 g/mol. The third-order valence-electron chi connectivity index (χ3n) is 4.11. The number of amides is 2. The molecule has 0 radical (unpaired) electrons. The number of carbonyl (C=O) groups excluding carboxylic acids is 2. The number of benzene rings is 2. The van der Waals surface area contributed by atoms with Gasteiger partial charge in [0.2, 0.25) is 5.91 Å². The molecule has 0 saturated carbocycles. The third-order valence-corrected chi connectivity index (χ3v) is 4.78. The second kappa shape index (κ2) is 9.73. The van der Waals surface area contributed by atoms with Gasteiger partial charge in [-0.1, -0.05) is 26.0 Å². The monoisotopic (exact) mass is 480 g/mol. The Hall–Kier alpha value is -2.09. The fourth-order valence-electron chi connectivity index (χ4n) is 2.67. The van der Waals surface area contributed by atoms with Crippen LogP contribution in [0, 0.1) is 16.4 Å². The first-order valence-corrected chi connectivity index (χ1v) is 10.0. The van der Waals surface area contributed by atoms with E-state index >= 15 is 0 Å². The highest BCUT2D eigenvalue weighted by molar-refractivity contribution is 14.1. The van der Waals surface area contributed by atoms with Crippen LogP contribution in [0.2, 0.25) is 0 Å². The molecule has 0 aliphatic heterocycles. The van der Waals surface area contributed by atoms with Crippen LogP contribution in [0.15, 0.2) is 42.5 Å². The number of ether oxygens (including phenoxy) is 1. The first-order valence-electron chi connectivity index (χ1n) is 8.93. The van der Waals surface area contributed by atoms with Crippen LogP contribution in [-0.2, 0) is 4.79 Å². The Balaban J connectivity index is 2.17. The lowest BCUT2D eigenvalue weighted by molar-refractivity contribution is -0.118. The summed E-state index contributed by atoms with van der Waals surface area (Å²) in [5.41, 5.74) is 2.14. The number of carbonyl (C=O) groups is 2. The van der Waals surface area contributed by atoms with Crippen molar-refractivity contribution in [2.24, 2.45) is 5.92 Å². The molecule has 0 fully saturated rings. The molecule has 2 amide bonds. The maximum absolute atomic E-state index is 12.8. The van der Waals surface area contributed by atoms with Gasteiger partial charge in [-0.15, -0.1) is 0 Å². The van der Waals surface area contributed by atoms with Gasteiger partial charge in [-0.25, -0.2) is 0 Å². The van der Waals surface area contributed by atoms with Crippen molar-refractivity contribution in [3.63, 3.8) is 0 Å². The third kappa shape index (κ3) is 5.69. The van der Waals surface area contributed by atoms with Crippen molar-refractivity contribution in [2.75, 3.05) is 11.9 Å². The van der Waals surface area contributed by atoms with E-state index in [0.29, 0.717) is 17.9 Å². The summed E-state index contributed by atoms with van der Waals surface area (Å²) in [6.45, 7) is 8.07. The van der Waals surface area contributed by atoms with Crippen molar-refractivity contribution in [3.05, 3.63) is 57.2 Å². The molecule has 2 aromatic rings. The second-order valence-electron chi connectivity index (χ2n) is 6.57. The Morgan fingerprint density at radius 2 is 1.85 bits per heavy atom. The zero-order valence-corrected chi connectivity index (χ0v) is 18.2. The molecule has 5 nitrogen and oxygen atoms in total. The highest BCUT2D eigenvalue weighted by Gasteiger charge is 2.26. The van der Waals surface area contributed by atoms with Gasteiger partial charge in [0.15, 0.2) is 0 Å². The Bertz CT molecular complexity index is 821. The number of hydrogen-bond acceptors (Lipinski definition) is 3. The molecule has 0 spiro atoms. The summed E-state index contributed by atoms with van der Waals surface area (Å²) in [7, 11) is 0. The Kier molecular flexibility index (Phi) is 7.65. The van der Waals surface area contributed by atoms with E-state index in [4.69, 9.17) is 4.74 Å². The summed E-state index contributed by atoms with van der Waals surface area (Å²) in [4.78, 5) is 25.6. The summed E-state index contributed by atoms with van der Waals surface area (Å²) in [6.07, 6.45) is 0. The van der Waals surface area contributed by atoms with E-state index < -0.39 is 6.04 Å². The van der Waals surface area contributed by atoms with E-state index in [1.165, 1.54) is 0 Å². The summed E-state index contributed by atoms with van der Waals surface area (Å²) in [6, 6.07) is 12.2. The van der Waals surface area contributed by atoms with Crippen molar-refractivity contribution in [2.45, 2.75) is 33.7 Å². The average molecular weight is 480 g/mol. The lowest BCUT2D eigenvalue weighted by Crippen LogP contribution is -2.47. The molecule has 0 aliphatic rings. The number of aryl methyl sites for hydroxylation is 1. The highest BCUT2D eigenvalue weighted by Crippen LogP contribution is 2.20. The minimum Gasteiger partial charge on any atom is -0.493 e. The van der Waals surface area contributed by atoms with Gasteiger partial charge in [0, 0.05) is 9.26 Å². The smallest absolute Gasteiger partial charge is 0.255 e. The number of anilines is 1. The van der Waals surface area contributed by atoms with E-state index in [0.717, 1.165) is 14.8 Å². The molecule has 0 heterocycles. The van der Waals surface area contributed by atoms with Crippen LogP contribution in [0.4, 0.5) is 5.69 Å². The lowest BCUT2D eigenvalue weighted by Gasteiger charge is -2.23. The maximum Gasteiger partial charge on any atom is 0.255 e. The van der Waals surface area contributed by atoms with Crippen molar-refractivity contribution in [3.8, 4) is 5.75 Å². The predicted molar refractivity (Wildman–Crippen MR) is 116 cm³/mol. The molecule has 0 bridgehead atoms. The van der Waals surface area contributed by atoms with Crippen LogP contribution in [0.5, 0.6) is 5.75 Å². The van der Waals surface area contributed by atoms with Gasteiger partial charge in [0.05, 0.1) is 12.2 Å². The van der Waals surface area contributed by atoms with E-state index in [1.54, 1.807) is 18.2 Å². The van der Waals surface area contributed by atoms with Crippen molar-refractivity contribution < 1.29 is 14.3 Å². The lowest BCUT2D eigenvalue weighted by atomic mass is 10.0. The highest BCUT2D eigenvalue weighted by atomic mass is 127. The van der Waals surface area contributed by atoms with Gasteiger partial charge in [0.1, 0.15) is 11.8 Å². The zero-order valence-electron chi connectivity index (χ0n) is 16.0. The van der Waals surface area contributed by atoms with E-state index in [1.807, 2.05) is 52.0 Å². The van der Waals surface area contributed by atoms with Crippen molar-refractivity contribution in [1.82, 2.24) is 5.32 Å². The minimum atomic E-state index is -0.661. The van der Waals surface area contributed by atoms with E-state index in [9.17, 15) is 9.59 Å². The van der Waals surface area contributed by atoms with Gasteiger partial charge in [-0.05, 0) is 78.3 Å². The Labute approximate surface area is 174 Å². The van der Waals surface area contributed by atoms with Gasteiger partial charge in [-0.2, -0.15) is 0 Å². The maximum atomic E-state index is 12.8. The largest absolute Gasteiger partial charge is 0.493 e. The number of halogens is 1. The van der Waals surface area contributed by atoms with E-state index in [-0.39, 0.29) is 17.7 Å². The standard InChI is InChI=1S/C21H25IN2O3/c1-5-27-18-9-7-6-8-16(18)20(25)24-19(13(2)3)21(26)23-17-11-10-15(22)12-14(17)4/h6-13,19H,5H2,1-4H3,(H,23,26)(H,24,25). The van der Waals surface area contributed by atoms with Crippen LogP contribution in [0.25, 0.3) is 0 Å². The Morgan fingerprint density at radius 3 is 2.48 bits per heavy atom. The molecule has 2 rings (SSSR count). The minimum absolute atomic E-state index is 0.0719. The van der Waals surface area contributed by atoms with Gasteiger partial charge in [0.25, 0.3) is 5.91 Å². The van der Waals surface area contributed by atoms with Crippen molar-refractivity contribution >= 4 is 40.1 Å². The quantitative estimate of drug-likeness (QED) is 0.578. The van der Waals surface area contributed by atoms with Crippen molar-refractivity contribution in [1.29, 1.82) is 0 Å². The fourth-order valence-corrected chi connectivity index (χ4v) is 3.31. The van der Waals surface area contributed by atoms with Crippen LogP contribution in [0.3, 0.4) is 0 Å². The molecule has 6 heteroatoms. The molecule has 2 aromatic carbocycles. The normalized spacial score (nSPS) is 11.8. The van der Waals surface area contributed by atoms with Gasteiger partial charge in [-0.3, -0.25) is 9.59 Å². The first kappa shape index (κ1) is 21.2. The summed E-state index contributed by atoms with van der Waals surface area (Å²) >= 11 is 2.23. The number of hydrogen-bond donors (Lipinski definition) is 2. The molecule has 2 N–H and O–H groups in total. The molecule has 27 heavy (non-hydrogen) atoms. The number of rotatable bonds is 7. The van der Waals surface area contributed by atoms with Gasteiger partial charge >= 0.3 is 0 Å². The van der Waals surface area contributed by atoms with E-state index in [2.05, 4.69) is 33.2 Å². The molecule has 144 valence electrons. The number of nitrogens with one attached hydrogen (secondary N) is 2. The molecule has 1 atom stereocenters. The van der Waals surface area contributed by atoms with Crippen LogP contribution in [-0.4, -0.2) is 24.5 Å². The van der Waals surface area contributed by atoms with Gasteiger partial charge < -0.3 is 15.4 Å². The summed E-state index contributed by atoms with van der Waals surface area (Å²) in [5.74, 6) is -0.130. The molecular formula is C21H25IN2O3. The topological polar surface area (TPSA) is 67.4 Å². The predicted octanol–water partition coefficient (Wildman–Crippen LogP) is 4.39. The summed E-state index contributed by atoms with van der Waals surface area (Å²) < 4.78 is 6.62. The first-order chi connectivity index (χ1) is 12.8. The van der Waals surface area contributed by atoms with Crippen LogP contribution >= 0.6 is 22.6 Å². The summed E-state index contributed by atoms with van der Waals surface area (Å²) in [5, 5.41) is 5.78. The average Bonchev–Trinajstić information content (AvgIpc) is 2.62. The molecule has 0 aliphatic carbocycles. The Morgan fingerprint density at radius 1 is 1.15 bits per heavy atom. The molecule has 0 aromatic heterocycles. The van der Waals surface area contributed by atoms with Crippen LogP contribution in [0.1, 0.15) is 36.7 Å².